The number of carbonyl (C=O) groups excluding carboxylic acids is 2. The van der Waals surface area contributed by atoms with Gasteiger partial charge in [-0.05, 0) is 32.0 Å². The molecule has 0 aliphatic heterocycles. The Morgan fingerprint density at radius 3 is 2.21 bits per heavy atom. The maximum Gasteiger partial charge on any atom is 0.238 e. The molecule has 0 aliphatic carbocycles. The van der Waals surface area contributed by atoms with Gasteiger partial charge < -0.3 is 10.6 Å². The van der Waals surface area contributed by atoms with Crippen LogP contribution in [0.4, 0.5) is 18.9 Å². The molecule has 2 N–H and O–H groups in total. The van der Waals surface area contributed by atoms with Gasteiger partial charge in [0.05, 0.1) is 18.8 Å². The van der Waals surface area contributed by atoms with E-state index in [-0.39, 0.29) is 31.0 Å². The first-order valence-electron chi connectivity index (χ1n) is 7.53. The van der Waals surface area contributed by atoms with Crippen LogP contribution in [-0.2, 0) is 9.59 Å². The molecule has 1 aromatic carbocycles. The molecular weight excluding hydrogens is 323 g/mol. The molecule has 0 bridgehead atoms. The summed E-state index contributed by atoms with van der Waals surface area (Å²) in [6.45, 7) is 5.59. The van der Waals surface area contributed by atoms with E-state index in [4.69, 9.17) is 0 Å². The molecule has 0 saturated carbocycles. The highest BCUT2D eigenvalue weighted by molar-refractivity contribution is 5.92. The Hall–Kier alpha value is -2.09. The number of nitrogens with zero attached hydrogens (tertiary/aromatic N) is 1. The van der Waals surface area contributed by atoms with Gasteiger partial charge >= 0.3 is 0 Å². The highest BCUT2D eigenvalue weighted by Crippen LogP contribution is 2.19. The van der Waals surface area contributed by atoms with Gasteiger partial charge in [-0.3, -0.25) is 14.5 Å². The van der Waals surface area contributed by atoms with Crippen LogP contribution >= 0.6 is 0 Å². The SMILES string of the molecule is CC(C)C(C)NC(=O)CN(C)CC(=O)Nc1ccc(F)c(F)c1F. The summed E-state index contributed by atoms with van der Waals surface area (Å²) in [4.78, 5) is 25.1. The molecule has 0 aliphatic rings. The van der Waals surface area contributed by atoms with Gasteiger partial charge in [-0.25, -0.2) is 13.2 Å². The first-order chi connectivity index (χ1) is 11.1. The molecule has 2 amide bonds. The highest BCUT2D eigenvalue weighted by atomic mass is 19.2. The standard InChI is InChI=1S/C16H22F3N3O2/c1-9(2)10(3)20-13(23)7-22(4)8-14(24)21-12-6-5-11(17)15(18)16(12)19/h5-6,9-10H,7-8H2,1-4H3,(H,20,23)(H,21,24). The van der Waals surface area contributed by atoms with E-state index in [2.05, 4.69) is 10.6 Å². The van der Waals surface area contributed by atoms with Crippen LogP contribution in [0.3, 0.4) is 0 Å². The van der Waals surface area contributed by atoms with E-state index in [1.807, 2.05) is 20.8 Å². The summed E-state index contributed by atoms with van der Waals surface area (Å²) in [6.07, 6.45) is 0. The summed E-state index contributed by atoms with van der Waals surface area (Å²) in [5, 5.41) is 4.94. The van der Waals surface area contributed by atoms with Gasteiger partial charge in [-0.1, -0.05) is 13.8 Å². The minimum atomic E-state index is -1.65. The lowest BCUT2D eigenvalue weighted by molar-refractivity contribution is -0.123. The minimum Gasteiger partial charge on any atom is -0.352 e. The van der Waals surface area contributed by atoms with Crippen LogP contribution in [0.2, 0.25) is 0 Å². The van der Waals surface area contributed by atoms with Crippen molar-refractivity contribution in [3.8, 4) is 0 Å². The first kappa shape index (κ1) is 20.0. The minimum absolute atomic E-state index is 0.00369. The molecule has 24 heavy (non-hydrogen) atoms. The lowest BCUT2D eigenvalue weighted by Crippen LogP contribution is -2.43. The van der Waals surface area contributed by atoms with Crippen molar-refractivity contribution in [2.24, 2.45) is 5.92 Å². The number of amides is 2. The second kappa shape index (κ2) is 8.68. The van der Waals surface area contributed by atoms with Gasteiger partial charge in [0.2, 0.25) is 11.8 Å². The van der Waals surface area contributed by atoms with Gasteiger partial charge in [0.15, 0.2) is 17.5 Å². The van der Waals surface area contributed by atoms with Crippen molar-refractivity contribution in [1.82, 2.24) is 10.2 Å². The number of halogens is 3. The van der Waals surface area contributed by atoms with Crippen molar-refractivity contribution in [3.63, 3.8) is 0 Å². The number of likely N-dealkylation sites (N-methyl/N-ethyl adjacent to an activating group) is 1. The maximum atomic E-state index is 13.5. The van der Waals surface area contributed by atoms with Crippen molar-refractivity contribution in [2.75, 3.05) is 25.5 Å². The molecule has 5 nitrogen and oxygen atoms in total. The highest BCUT2D eigenvalue weighted by Gasteiger charge is 2.17. The summed E-state index contributed by atoms with van der Waals surface area (Å²) in [5.74, 6) is -5.06. The molecule has 0 saturated heterocycles. The largest absolute Gasteiger partial charge is 0.352 e. The molecule has 134 valence electrons. The molecule has 1 unspecified atom stereocenters. The predicted molar refractivity (Wildman–Crippen MR) is 84.9 cm³/mol. The number of hydrogen-bond donors (Lipinski definition) is 2. The number of anilines is 1. The zero-order valence-electron chi connectivity index (χ0n) is 14.1. The third kappa shape index (κ3) is 5.84. The Kier molecular flexibility index (Phi) is 7.21. The second-order valence-electron chi connectivity index (χ2n) is 6.04. The predicted octanol–water partition coefficient (Wildman–Crippen LogP) is 2.13. The van der Waals surface area contributed by atoms with Gasteiger partial charge in [-0.15, -0.1) is 0 Å². The van der Waals surface area contributed by atoms with Crippen molar-refractivity contribution < 1.29 is 22.8 Å². The molecule has 1 aromatic rings. The Morgan fingerprint density at radius 1 is 1.04 bits per heavy atom. The molecule has 0 radical (unpaired) electrons. The third-order valence-electron chi connectivity index (χ3n) is 3.52. The molecule has 0 spiro atoms. The number of rotatable bonds is 7. The summed E-state index contributed by atoms with van der Waals surface area (Å²) in [6, 6.07) is 1.65. The van der Waals surface area contributed by atoms with Gasteiger partial charge in [0.1, 0.15) is 0 Å². The lowest BCUT2D eigenvalue weighted by Gasteiger charge is -2.20. The van der Waals surface area contributed by atoms with Gasteiger partial charge in [-0.2, -0.15) is 0 Å². The Morgan fingerprint density at radius 2 is 1.62 bits per heavy atom. The topological polar surface area (TPSA) is 61.4 Å². The molecule has 1 rings (SSSR count). The Bertz CT molecular complexity index is 608. The third-order valence-corrected chi connectivity index (χ3v) is 3.52. The number of benzene rings is 1. The normalized spacial score (nSPS) is 12.4. The Balaban J connectivity index is 2.53. The van der Waals surface area contributed by atoms with Crippen LogP contribution in [-0.4, -0.2) is 42.9 Å². The van der Waals surface area contributed by atoms with Crippen molar-refractivity contribution in [1.29, 1.82) is 0 Å². The first-order valence-corrected chi connectivity index (χ1v) is 7.53. The van der Waals surface area contributed by atoms with Crippen LogP contribution in [0, 0.1) is 23.4 Å². The van der Waals surface area contributed by atoms with E-state index in [1.54, 1.807) is 7.05 Å². The number of nitrogens with one attached hydrogen (secondary N) is 2. The van der Waals surface area contributed by atoms with Crippen LogP contribution in [0.5, 0.6) is 0 Å². The van der Waals surface area contributed by atoms with E-state index in [0.29, 0.717) is 0 Å². The second-order valence-corrected chi connectivity index (χ2v) is 6.04. The fraction of sp³-hybridized carbons (Fsp3) is 0.500. The smallest absolute Gasteiger partial charge is 0.238 e. The van der Waals surface area contributed by atoms with E-state index >= 15 is 0 Å². The molecule has 1 atom stereocenters. The van der Waals surface area contributed by atoms with Gasteiger partial charge in [0.25, 0.3) is 0 Å². The van der Waals surface area contributed by atoms with Crippen molar-refractivity contribution >= 4 is 17.5 Å². The average Bonchev–Trinajstić information content (AvgIpc) is 2.47. The number of carbonyl (C=O) groups is 2. The zero-order chi connectivity index (χ0) is 18.4. The maximum absolute atomic E-state index is 13.5. The van der Waals surface area contributed by atoms with Crippen LogP contribution in [0.25, 0.3) is 0 Å². The molecule has 0 aromatic heterocycles. The van der Waals surface area contributed by atoms with Crippen LogP contribution in [0.15, 0.2) is 12.1 Å². The van der Waals surface area contributed by atoms with E-state index in [9.17, 15) is 22.8 Å². The quantitative estimate of drug-likeness (QED) is 0.745. The lowest BCUT2D eigenvalue weighted by atomic mass is 10.1. The monoisotopic (exact) mass is 345 g/mol. The van der Waals surface area contributed by atoms with E-state index in [0.717, 1.165) is 12.1 Å². The van der Waals surface area contributed by atoms with E-state index < -0.39 is 29.0 Å². The van der Waals surface area contributed by atoms with Crippen molar-refractivity contribution in [3.05, 3.63) is 29.6 Å². The number of hydrogen-bond acceptors (Lipinski definition) is 3. The summed E-state index contributed by atoms with van der Waals surface area (Å²) in [5.41, 5.74) is -0.454. The fourth-order valence-electron chi connectivity index (χ4n) is 1.82. The summed E-state index contributed by atoms with van der Waals surface area (Å²) in [7, 11) is 1.54. The molecule has 0 fully saturated rings. The molecular formula is C16H22F3N3O2. The average molecular weight is 345 g/mol. The summed E-state index contributed by atoms with van der Waals surface area (Å²) < 4.78 is 39.4. The van der Waals surface area contributed by atoms with Crippen LogP contribution in [0.1, 0.15) is 20.8 Å². The van der Waals surface area contributed by atoms with Crippen molar-refractivity contribution in [2.45, 2.75) is 26.8 Å². The summed E-state index contributed by atoms with van der Waals surface area (Å²) >= 11 is 0. The molecule has 0 heterocycles. The van der Waals surface area contributed by atoms with Crippen LogP contribution < -0.4 is 10.6 Å². The van der Waals surface area contributed by atoms with E-state index in [1.165, 1.54) is 4.90 Å². The molecule has 8 heteroatoms. The van der Waals surface area contributed by atoms with Gasteiger partial charge in [0, 0.05) is 6.04 Å². The zero-order valence-corrected chi connectivity index (χ0v) is 14.1. The Labute approximate surface area is 139 Å². The fourth-order valence-corrected chi connectivity index (χ4v) is 1.82.